The molecule has 1 aliphatic carbocycles. The molecule has 0 atom stereocenters. The van der Waals surface area contributed by atoms with Crippen molar-refractivity contribution in [2.45, 2.75) is 25.3 Å². The number of carboxylic acids is 2. The number of pyridine rings is 2. The lowest BCUT2D eigenvalue weighted by Crippen LogP contribution is -2.19. The Kier molecular flexibility index (Phi) is 5.93. The summed E-state index contributed by atoms with van der Waals surface area (Å²) in [7, 11) is 0. The van der Waals surface area contributed by atoms with Crippen LogP contribution in [0.2, 0.25) is 5.15 Å². The Morgan fingerprint density at radius 2 is 1.81 bits per heavy atom. The average molecular weight is 508 g/mol. The predicted molar refractivity (Wildman–Crippen MR) is 132 cm³/mol. The van der Waals surface area contributed by atoms with Crippen LogP contribution < -0.4 is 10.7 Å². The van der Waals surface area contributed by atoms with Gasteiger partial charge in [0.25, 0.3) is 0 Å². The lowest BCUT2D eigenvalue weighted by molar-refractivity contribution is 0.0685. The van der Waals surface area contributed by atoms with E-state index < -0.39 is 28.7 Å². The smallest absolute Gasteiger partial charge is 0.341 e. The zero-order valence-electron chi connectivity index (χ0n) is 18.7. The summed E-state index contributed by atoms with van der Waals surface area (Å²) in [5.41, 5.74) is 0.990. The van der Waals surface area contributed by atoms with Gasteiger partial charge in [0.2, 0.25) is 5.43 Å². The van der Waals surface area contributed by atoms with Crippen molar-refractivity contribution < 1.29 is 24.2 Å². The number of nitrogens with zero attached hydrogens (tertiary/aromatic N) is 2. The molecule has 0 saturated heterocycles. The second-order valence-corrected chi connectivity index (χ2v) is 9.00. The van der Waals surface area contributed by atoms with E-state index in [-0.39, 0.29) is 27.8 Å². The highest BCUT2D eigenvalue weighted by atomic mass is 35.5. The quantitative estimate of drug-likeness (QED) is 0.292. The molecule has 2 aromatic heterocycles. The first-order chi connectivity index (χ1) is 17.2. The number of carboxylic acid groups (broad SMARTS) is 2. The van der Waals surface area contributed by atoms with Crippen LogP contribution in [-0.4, -0.2) is 31.7 Å². The van der Waals surface area contributed by atoms with Gasteiger partial charge in [-0.15, -0.1) is 0 Å². The Balaban J connectivity index is 1.55. The van der Waals surface area contributed by atoms with Crippen LogP contribution in [0.15, 0.2) is 59.5 Å². The minimum Gasteiger partial charge on any atom is -0.478 e. The van der Waals surface area contributed by atoms with Crippen LogP contribution in [0.1, 0.15) is 50.7 Å². The van der Waals surface area contributed by atoms with Gasteiger partial charge in [-0.3, -0.25) is 4.79 Å². The third-order valence-corrected chi connectivity index (χ3v) is 6.30. The molecular weight excluding hydrogens is 489 g/mol. The van der Waals surface area contributed by atoms with Gasteiger partial charge in [-0.05, 0) is 54.3 Å². The number of hydrogen-bond acceptors (Lipinski definition) is 5. The lowest BCUT2D eigenvalue weighted by Gasteiger charge is -2.16. The molecule has 5 rings (SSSR count). The van der Waals surface area contributed by atoms with Gasteiger partial charge in [0.05, 0.1) is 16.8 Å². The normalized spacial score (nSPS) is 13.1. The largest absolute Gasteiger partial charge is 0.478 e. The second-order valence-electron chi connectivity index (χ2n) is 8.61. The fourth-order valence-electron chi connectivity index (χ4n) is 4.10. The molecule has 3 N–H and O–H groups in total. The van der Waals surface area contributed by atoms with Crippen LogP contribution in [0.3, 0.4) is 0 Å². The molecular formula is C26H19ClFN3O5. The Hall–Kier alpha value is -4.24. The van der Waals surface area contributed by atoms with Gasteiger partial charge in [-0.1, -0.05) is 29.8 Å². The summed E-state index contributed by atoms with van der Waals surface area (Å²) in [6.07, 6.45) is 3.35. The van der Waals surface area contributed by atoms with E-state index in [1.165, 1.54) is 24.4 Å². The van der Waals surface area contributed by atoms with Crippen molar-refractivity contribution in [2.24, 2.45) is 0 Å². The molecule has 0 radical (unpaired) electrons. The van der Waals surface area contributed by atoms with Crippen LogP contribution in [0.25, 0.3) is 10.9 Å². The van der Waals surface area contributed by atoms with Gasteiger partial charge in [0.15, 0.2) is 0 Å². The second kappa shape index (κ2) is 9.09. The zero-order chi connectivity index (χ0) is 25.6. The maximum atomic E-state index is 15.2. The average Bonchev–Trinajstić information content (AvgIpc) is 3.67. The number of halogens is 2. The summed E-state index contributed by atoms with van der Waals surface area (Å²) in [6, 6.07) is 12.3. The van der Waals surface area contributed by atoms with Crippen molar-refractivity contribution in [3.8, 4) is 0 Å². The first-order valence-corrected chi connectivity index (χ1v) is 11.5. The van der Waals surface area contributed by atoms with Crippen LogP contribution >= 0.6 is 11.6 Å². The number of fused-ring (bicyclic) bond motifs is 1. The Morgan fingerprint density at radius 1 is 1.08 bits per heavy atom. The van der Waals surface area contributed by atoms with Gasteiger partial charge in [-0.25, -0.2) is 19.0 Å². The number of aromatic carboxylic acids is 2. The van der Waals surface area contributed by atoms with Crippen LogP contribution in [0, 0.1) is 5.82 Å². The maximum absolute atomic E-state index is 15.2. The van der Waals surface area contributed by atoms with Crippen molar-refractivity contribution >= 4 is 45.9 Å². The Morgan fingerprint density at radius 3 is 2.44 bits per heavy atom. The summed E-state index contributed by atoms with van der Waals surface area (Å²) in [6.45, 7) is 0. The van der Waals surface area contributed by atoms with E-state index in [0.29, 0.717) is 23.3 Å². The van der Waals surface area contributed by atoms with E-state index in [9.17, 15) is 19.5 Å². The minimum absolute atomic E-state index is 0.0114. The van der Waals surface area contributed by atoms with Gasteiger partial charge in [0.1, 0.15) is 22.4 Å². The molecule has 0 spiro atoms. The molecule has 0 aliphatic heterocycles. The molecule has 2 heterocycles. The summed E-state index contributed by atoms with van der Waals surface area (Å²) < 4.78 is 16.9. The molecule has 1 fully saturated rings. The predicted octanol–water partition coefficient (Wildman–Crippen LogP) is 5.25. The summed E-state index contributed by atoms with van der Waals surface area (Å²) in [4.78, 5) is 39.7. The Bertz CT molecular complexity index is 1600. The first kappa shape index (κ1) is 23.5. The number of carbonyl (C=O) groups is 2. The molecule has 182 valence electrons. The molecule has 1 aliphatic rings. The first-order valence-electron chi connectivity index (χ1n) is 11.1. The number of rotatable bonds is 7. The van der Waals surface area contributed by atoms with E-state index in [2.05, 4.69) is 10.3 Å². The number of nitrogens with one attached hydrogen (secondary N) is 1. The highest BCUT2D eigenvalue weighted by molar-refractivity contribution is 6.29. The van der Waals surface area contributed by atoms with Crippen molar-refractivity contribution in [3.63, 3.8) is 0 Å². The van der Waals surface area contributed by atoms with E-state index in [1.54, 1.807) is 28.8 Å². The van der Waals surface area contributed by atoms with E-state index >= 15 is 4.39 Å². The van der Waals surface area contributed by atoms with Gasteiger partial charge in [0, 0.05) is 24.0 Å². The maximum Gasteiger partial charge on any atom is 0.341 e. The van der Waals surface area contributed by atoms with Crippen molar-refractivity contribution in [1.29, 1.82) is 0 Å². The summed E-state index contributed by atoms with van der Waals surface area (Å²) in [5, 5.41) is 21.7. The molecule has 8 nitrogen and oxygen atoms in total. The zero-order valence-corrected chi connectivity index (χ0v) is 19.4. The Labute approximate surface area is 208 Å². The molecule has 1 saturated carbocycles. The van der Waals surface area contributed by atoms with Crippen molar-refractivity contribution in [3.05, 3.63) is 98.2 Å². The third kappa shape index (κ3) is 4.52. The highest BCUT2D eigenvalue weighted by Crippen LogP contribution is 2.38. The van der Waals surface area contributed by atoms with E-state index in [1.807, 2.05) is 0 Å². The topological polar surface area (TPSA) is 122 Å². The molecule has 0 unspecified atom stereocenters. The number of hydrogen-bond donors (Lipinski definition) is 3. The van der Waals surface area contributed by atoms with Gasteiger partial charge in [-0.2, -0.15) is 0 Å². The molecule has 0 bridgehead atoms. The SMILES string of the molecule is O=C(O)c1ccc(Cc2ccc(Cl)nc2Nc2cc3c(cc2F)c(=O)c(C(=O)O)cn3C2CC2)cc1. The lowest BCUT2D eigenvalue weighted by atomic mass is 10.0. The van der Waals surface area contributed by atoms with Crippen LogP contribution in [0.4, 0.5) is 15.9 Å². The van der Waals surface area contributed by atoms with E-state index in [4.69, 9.17) is 16.7 Å². The van der Waals surface area contributed by atoms with E-state index in [0.717, 1.165) is 24.5 Å². The van der Waals surface area contributed by atoms with Crippen molar-refractivity contribution in [2.75, 3.05) is 5.32 Å². The van der Waals surface area contributed by atoms with Gasteiger partial charge >= 0.3 is 11.9 Å². The molecule has 36 heavy (non-hydrogen) atoms. The molecule has 10 heteroatoms. The number of benzene rings is 2. The minimum atomic E-state index is -1.36. The summed E-state index contributed by atoms with van der Waals surface area (Å²) >= 11 is 6.11. The summed E-state index contributed by atoms with van der Waals surface area (Å²) in [5.74, 6) is -2.83. The highest BCUT2D eigenvalue weighted by Gasteiger charge is 2.27. The molecule has 2 aromatic carbocycles. The van der Waals surface area contributed by atoms with Gasteiger partial charge < -0.3 is 20.1 Å². The standard InChI is InChI=1S/C26H19ClFN3O5/c27-22-8-5-15(9-13-1-3-14(4-2-13)25(33)34)24(30-22)29-20-11-21-17(10-19(20)28)23(32)18(26(35)36)12-31(21)16-6-7-16/h1-5,8,10-12,16H,6-7,9H2,(H,29,30)(H,33,34)(H,35,36). The van der Waals surface area contributed by atoms with Crippen LogP contribution in [0.5, 0.6) is 0 Å². The number of anilines is 2. The number of aromatic nitrogens is 2. The molecule has 4 aromatic rings. The molecule has 0 amide bonds. The third-order valence-electron chi connectivity index (χ3n) is 6.09. The fraction of sp³-hybridized carbons (Fsp3) is 0.154. The van der Waals surface area contributed by atoms with Crippen molar-refractivity contribution in [1.82, 2.24) is 9.55 Å². The monoisotopic (exact) mass is 507 g/mol. The van der Waals surface area contributed by atoms with Crippen LogP contribution in [-0.2, 0) is 6.42 Å². The fourth-order valence-corrected chi connectivity index (χ4v) is 4.25.